The van der Waals surface area contributed by atoms with Crippen LogP contribution < -0.4 is 4.90 Å². The molecule has 0 saturated carbocycles. The van der Waals surface area contributed by atoms with E-state index >= 15 is 0 Å². The second-order valence-corrected chi connectivity index (χ2v) is 10.6. The van der Waals surface area contributed by atoms with Gasteiger partial charge in [-0.2, -0.15) is 0 Å². The van der Waals surface area contributed by atoms with Crippen LogP contribution in [0.3, 0.4) is 0 Å². The van der Waals surface area contributed by atoms with Gasteiger partial charge in [0.05, 0.1) is 22.9 Å². The molecule has 0 bridgehead atoms. The molecule has 0 aliphatic carbocycles. The zero-order valence-corrected chi connectivity index (χ0v) is 18.6. The zero-order valence-electron chi connectivity index (χ0n) is 17.0. The molecule has 9 heteroatoms. The molecule has 1 amide bonds. The molecule has 1 aromatic heterocycles. The maximum atomic E-state index is 13.0. The summed E-state index contributed by atoms with van der Waals surface area (Å²) in [5.74, 6) is 1.08. The highest BCUT2D eigenvalue weighted by molar-refractivity contribution is 7.99. The molecule has 1 unspecified atom stereocenters. The predicted molar refractivity (Wildman–Crippen MR) is 120 cm³/mol. The highest BCUT2D eigenvalue weighted by Gasteiger charge is 2.32. The van der Waals surface area contributed by atoms with E-state index in [9.17, 15) is 13.2 Å². The van der Waals surface area contributed by atoms with Crippen molar-refractivity contribution in [3.63, 3.8) is 0 Å². The van der Waals surface area contributed by atoms with Crippen LogP contribution in [0.25, 0.3) is 10.8 Å². The molecule has 2 heterocycles. The van der Waals surface area contributed by atoms with Crippen molar-refractivity contribution in [2.45, 2.75) is 24.4 Å². The van der Waals surface area contributed by atoms with Gasteiger partial charge in [0.25, 0.3) is 0 Å². The molecule has 1 fully saturated rings. The summed E-state index contributed by atoms with van der Waals surface area (Å²) < 4.78 is 25.4. The summed E-state index contributed by atoms with van der Waals surface area (Å²) in [6, 6.07) is 14.0. The molecule has 158 valence electrons. The van der Waals surface area contributed by atoms with Gasteiger partial charge in [-0.15, -0.1) is 10.2 Å². The molecule has 3 aromatic rings. The first kappa shape index (κ1) is 20.9. The molecule has 1 aliphatic heterocycles. The number of aromatic nitrogens is 3. The van der Waals surface area contributed by atoms with Crippen LogP contribution in [0.15, 0.2) is 47.6 Å². The van der Waals surface area contributed by atoms with Crippen molar-refractivity contribution in [3.8, 4) is 0 Å². The molecule has 0 N–H and O–H groups in total. The van der Waals surface area contributed by atoms with Crippen LogP contribution in [0.2, 0.25) is 0 Å². The predicted octanol–water partition coefficient (Wildman–Crippen LogP) is 3.02. The van der Waals surface area contributed by atoms with Gasteiger partial charge in [-0.05, 0) is 24.8 Å². The van der Waals surface area contributed by atoms with Crippen LogP contribution in [0.5, 0.6) is 0 Å². The van der Waals surface area contributed by atoms with Gasteiger partial charge in [0.15, 0.2) is 15.0 Å². The Morgan fingerprint density at radius 1 is 1.20 bits per heavy atom. The van der Waals surface area contributed by atoms with E-state index in [1.165, 1.54) is 11.8 Å². The number of sulfone groups is 1. The van der Waals surface area contributed by atoms with Gasteiger partial charge in [-0.1, -0.05) is 48.2 Å². The van der Waals surface area contributed by atoms with E-state index < -0.39 is 9.84 Å². The van der Waals surface area contributed by atoms with Crippen molar-refractivity contribution in [1.82, 2.24) is 14.8 Å². The maximum absolute atomic E-state index is 13.0. The zero-order chi connectivity index (χ0) is 21.3. The average Bonchev–Trinajstić information content (AvgIpc) is 3.28. The number of thioether (sulfide) groups is 1. The van der Waals surface area contributed by atoms with Crippen molar-refractivity contribution >= 4 is 44.0 Å². The summed E-state index contributed by atoms with van der Waals surface area (Å²) >= 11 is 1.33. The molecule has 0 spiro atoms. The van der Waals surface area contributed by atoms with Crippen LogP contribution in [0.1, 0.15) is 25.1 Å². The highest BCUT2D eigenvalue weighted by Crippen LogP contribution is 2.30. The number of hydrogen-bond acceptors (Lipinski definition) is 6. The molecule has 7 nitrogen and oxygen atoms in total. The van der Waals surface area contributed by atoms with Gasteiger partial charge >= 0.3 is 0 Å². The first-order valence-corrected chi connectivity index (χ1v) is 12.7. The molecule has 30 heavy (non-hydrogen) atoms. The number of carbonyl (C=O) groups is 1. The minimum atomic E-state index is -2.99. The molecular formula is C21H24N4O3S2. The topological polar surface area (TPSA) is 85.2 Å². The third-order valence-corrected chi connectivity index (χ3v) is 8.24. The number of benzene rings is 2. The van der Waals surface area contributed by atoms with Gasteiger partial charge in [-0.3, -0.25) is 4.79 Å². The number of nitrogens with zero attached hydrogens (tertiary/aromatic N) is 4. The quantitative estimate of drug-likeness (QED) is 0.544. The first-order chi connectivity index (χ1) is 14.4. The minimum Gasteiger partial charge on any atom is -0.311 e. The van der Waals surface area contributed by atoms with E-state index in [0.717, 1.165) is 16.5 Å². The molecule has 4 rings (SSSR count). The van der Waals surface area contributed by atoms with Crippen LogP contribution in [0.4, 0.5) is 5.69 Å². The minimum absolute atomic E-state index is 0.00755. The number of carbonyl (C=O) groups excluding carboxylic acids is 1. The van der Waals surface area contributed by atoms with Gasteiger partial charge in [0.2, 0.25) is 5.91 Å². The fraction of sp³-hybridized carbons (Fsp3) is 0.381. The second kappa shape index (κ2) is 8.39. The smallest absolute Gasteiger partial charge is 0.237 e. The van der Waals surface area contributed by atoms with Crippen LogP contribution in [-0.4, -0.2) is 52.9 Å². The lowest BCUT2D eigenvalue weighted by atomic mass is 10.1. The maximum Gasteiger partial charge on any atom is 0.237 e. The monoisotopic (exact) mass is 444 g/mol. The Labute approximate surface area is 180 Å². The van der Waals surface area contributed by atoms with Gasteiger partial charge in [-0.25, -0.2) is 8.42 Å². The first-order valence-electron chi connectivity index (χ1n) is 9.90. The summed E-state index contributed by atoms with van der Waals surface area (Å²) in [6.45, 7) is 2.53. The van der Waals surface area contributed by atoms with Crippen molar-refractivity contribution < 1.29 is 13.2 Å². The summed E-state index contributed by atoms with van der Waals surface area (Å²) in [5.41, 5.74) is 0.899. The number of fused-ring (bicyclic) bond motifs is 1. The van der Waals surface area contributed by atoms with Crippen molar-refractivity contribution in [2.24, 2.45) is 7.05 Å². The third-order valence-electron chi connectivity index (χ3n) is 5.47. The standard InChI is InChI=1S/C21H24N4O3S2/c1-3-25(18-10-6-8-15-7-4-5-9-17(15)18)19(26)13-29-21-23-22-20(24(21)2)16-11-12-30(27,28)14-16/h4-10,16H,3,11-14H2,1-2H3. The van der Waals surface area contributed by atoms with E-state index in [1.807, 2.05) is 61.0 Å². The van der Waals surface area contributed by atoms with Crippen molar-refractivity contribution in [1.29, 1.82) is 0 Å². The Bertz CT molecular complexity index is 1180. The number of rotatable bonds is 6. The second-order valence-electron chi connectivity index (χ2n) is 7.42. The number of amides is 1. The fourth-order valence-electron chi connectivity index (χ4n) is 3.93. The molecular weight excluding hydrogens is 420 g/mol. The average molecular weight is 445 g/mol. The lowest BCUT2D eigenvalue weighted by molar-refractivity contribution is -0.116. The van der Waals surface area contributed by atoms with Gasteiger partial charge in [0, 0.05) is 24.9 Å². The largest absolute Gasteiger partial charge is 0.311 e. The van der Waals surface area contributed by atoms with Crippen molar-refractivity contribution in [3.05, 3.63) is 48.3 Å². The Balaban J connectivity index is 1.49. The molecule has 1 atom stereocenters. The Morgan fingerprint density at radius 2 is 1.97 bits per heavy atom. The fourth-order valence-corrected chi connectivity index (χ4v) is 6.47. The van der Waals surface area contributed by atoms with Gasteiger partial charge < -0.3 is 9.47 Å². The van der Waals surface area contributed by atoms with Crippen molar-refractivity contribution in [2.75, 3.05) is 28.7 Å². The molecule has 1 saturated heterocycles. The Kier molecular flexibility index (Phi) is 5.84. The molecule has 1 aliphatic rings. The van der Waals surface area contributed by atoms with Crippen LogP contribution >= 0.6 is 11.8 Å². The third kappa shape index (κ3) is 4.09. The Hall–Kier alpha value is -2.39. The number of anilines is 1. The van der Waals surface area contributed by atoms with E-state index in [-0.39, 0.29) is 29.1 Å². The lowest BCUT2D eigenvalue weighted by Gasteiger charge is -2.22. The van der Waals surface area contributed by atoms with Crippen LogP contribution in [0, 0.1) is 0 Å². The Morgan fingerprint density at radius 3 is 2.70 bits per heavy atom. The molecule has 2 aromatic carbocycles. The van der Waals surface area contributed by atoms with Crippen LogP contribution in [-0.2, 0) is 21.7 Å². The summed E-state index contributed by atoms with van der Waals surface area (Å²) in [6.07, 6.45) is 0.572. The molecule has 0 radical (unpaired) electrons. The lowest BCUT2D eigenvalue weighted by Crippen LogP contribution is -2.32. The van der Waals surface area contributed by atoms with E-state index in [4.69, 9.17) is 0 Å². The normalized spacial score (nSPS) is 18.0. The SMILES string of the molecule is CCN(C(=O)CSc1nnc(C2CCS(=O)(=O)C2)n1C)c1cccc2ccccc12. The van der Waals surface area contributed by atoms with E-state index in [2.05, 4.69) is 10.2 Å². The van der Waals surface area contributed by atoms with Gasteiger partial charge in [0.1, 0.15) is 5.82 Å². The highest BCUT2D eigenvalue weighted by atomic mass is 32.2. The number of hydrogen-bond donors (Lipinski definition) is 0. The summed E-state index contributed by atoms with van der Waals surface area (Å²) in [4.78, 5) is 14.8. The van der Waals surface area contributed by atoms with E-state index in [1.54, 1.807) is 4.90 Å². The summed E-state index contributed by atoms with van der Waals surface area (Å²) in [7, 11) is -1.16. The summed E-state index contributed by atoms with van der Waals surface area (Å²) in [5, 5.41) is 11.2. The van der Waals surface area contributed by atoms with E-state index in [0.29, 0.717) is 23.9 Å².